The third kappa shape index (κ3) is 2.69. The van der Waals surface area contributed by atoms with Gasteiger partial charge >= 0.3 is 0 Å². The van der Waals surface area contributed by atoms with Gasteiger partial charge in [0.05, 0.1) is 15.9 Å². The topological polar surface area (TPSA) is 29.9 Å². The molecule has 2 aromatic rings. The lowest BCUT2D eigenvalue weighted by molar-refractivity contribution is 0.800. The normalized spacial score (nSPS) is 10.0. The van der Waals surface area contributed by atoms with E-state index in [1.165, 1.54) is 17.5 Å². The zero-order valence-corrected chi connectivity index (χ0v) is 12.4. The summed E-state index contributed by atoms with van der Waals surface area (Å²) in [6, 6.07) is 3.92. The molecular weight excluding hydrogens is 254 g/mol. The van der Waals surface area contributed by atoms with Crippen LogP contribution in [-0.2, 0) is 7.05 Å². The Morgan fingerprint density at radius 2 is 2.00 bits per heavy atom. The van der Waals surface area contributed by atoms with Crippen LogP contribution in [0.3, 0.4) is 0 Å². The van der Waals surface area contributed by atoms with Crippen LogP contribution < -0.4 is 4.72 Å². The SMILES string of the molecule is CC.CSNc1nn(C)c2c(C)ccc(Cl)c12. The molecular formula is C12H18ClN3S. The van der Waals surface area contributed by atoms with Crippen LogP contribution in [-0.4, -0.2) is 16.0 Å². The third-order valence-corrected chi connectivity index (χ3v) is 3.05. The summed E-state index contributed by atoms with van der Waals surface area (Å²) >= 11 is 7.69. The van der Waals surface area contributed by atoms with Gasteiger partial charge in [0.25, 0.3) is 0 Å². The third-order valence-electron chi connectivity index (χ3n) is 2.34. The van der Waals surface area contributed by atoms with Gasteiger partial charge in [-0.15, -0.1) is 0 Å². The van der Waals surface area contributed by atoms with E-state index in [1.54, 1.807) is 0 Å². The highest BCUT2D eigenvalue weighted by Gasteiger charge is 2.13. The predicted octanol–water partition coefficient (Wildman–Crippen LogP) is 4.25. The molecule has 0 aliphatic carbocycles. The second kappa shape index (κ2) is 6.17. The number of hydrogen-bond donors (Lipinski definition) is 1. The molecule has 1 heterocycles. The maximum absolute atomic E-state index is 6.18. The molecule has 0 spiro atoms. The molecule has 2 rings (SSSR count). The molecule has 1 aromatic heterocycles. The number of nitrogens with one attached hydrogen (secondary N) is 1. The number of fused-ring (bicyclic) bond motifs is 1. The Labute approximate surface area is 112 Å². The number of aromatic nitrogens is 2. The van der Waals surface area contributed by atoms with Gasteiger partial charge in [0.1, 0.15) is 0 Å². The van der Waals surface area contributed by atoms with Crippen LogP contribution in [0, 0.1) is 6.92 Å². The zero-order chi connectivity index (χ0) is 13.0. The van der Waals surface area contributed by atoms with E-state index < -0.39 is 0 Å². The molecule has 0 saturated heterocycles. The van der Waals surface area contributed by atoms with Crippen LogP contribution in [0.5, 0.6) is 0 Å². The van der Waals surface area contributed by atoms with Crippen LogP contribution in [0.2, 0.25) is 5.02 Å². The quantitative estimate of drug-likeness (QED) is 0.828. The van der Waals surface area contributed by atoms with Gasteiger partial charge in [-0.25, -0.2) is 0 Å². The summed E-state index contributed by atoms with van der Waals surface area (Å²) in [7, 11) is 1.93. The number of hydrogen-bond acceptors (Lipinski definition) is 3. The molecule has 0 aliphatic rings. The van der Waals surface area contributed by atoms with Gasteiger partial charge in [-0.1, -0.05) is 43.5 Å². The van der Waals surface area contributed by atoms with E-state index in [9.17, 15) is 0 Å². The Balaban J connectivity index is 0.000000686. The fraction of sp³-hybridized carbons (Fsp3) is 0.417. The van der Waals surface area contributed by atoms with Crippen molar-refractivity contribution in [2.45, 2.75) is 20.8 Å². The molecule has 5 heteroatoms. The molecule has 0 bridgehead atoms. The molecule has 0 unspecified atom stereocenters. The lowest BCUT2D eigenvalue weighted by Crippen LogP contribution is -1.92. The summed E-state index contributed by atoms with van der Waals surface area (Å²) in [4.78, 5) is 0. The van der Waals surface area contributed by atoms with E-state index in [0.29, 0.717) is 0 Å². The van der Waals surface area contributed by atoms with Gasteiger partial charge in [0, 0.05) is 13.3 Å². The zero-order valence-electron chi connectivity index (χ0n) is 10.8. The molecule has 0 aliphatic heterocycles. The molecule has 0 atom stereocenters. The van der Waals surface area contributed by atoms with Crippen molar-refractivity contribution in [3.05, 3.63) is 22.7 Å². The first kappa shape index (κ1) is 14.2. The minimum Gasteiger partial charge on any atom is -0.313 e. The molecule has 0 fully saturated rings. The number of anilines is 1. The van der Waals surface area contributed by atoms with Crippen molar-refractivity contribution >= 4 is 40.3 Å². The fourth-order valence-electron chi connectivity index (χ4n) is 1.73. The minimum atomic E-state index is 0.736. The second-order valence-corrected chi connectivity index (χ2v) is 4.39. The van der Waals surface area contributed by atoms with Gasteiger partial charge in [0.2, 0.25) is 0 Å². The van der Waals surface area contributed by atoms with Crippen molar-refractivity contribution in [2.24, 2.45) is 7.05 Å². The largest absolute Gasteiger partial charge is 0.313 e. The molecule has 0 amide bonds. The molecule has 1 N–H and O–H groups in total. The van der Waals surface area contributed by atoms with Gasteiger partial charge in [-0.3, -0.25) is 4.68 Å². The molecule has 17 heavy (non-hydrogen) atoms. The molecule has 1 aromatic carbocycles. The number of halogens is 1. The Morgan fingerprint density at radius 3 is 2.59 bits per heavy atom. The Kier molecular flexibility index (Phi) is 5.15. The average Bonchev–Trinajstić information content (AvgIpc) is 2.66. The van der Waals surface area contributed by atoms with E-state index in [4.69, 9.17) is 11.6 Å². The predicted molar refractivity (Wildman–Crippen MR) is 78.9 cm³/mol. The minimum absolute atomic E-state index is 0.736. The maximum atomic E-state index is 6.18. The maximum Gasteiger partial charge on any atom is 0.167 e. The lowest BCUT2D eigenvalue weighted by atomic mass is 10.1. The molecule has 0 radical (unpaired) electrons. The summed E-state index contributed by atoms with van der Waals surface area (Å²) in [6.45, 7) is 6.06. The molecule has 0 saturated carbocycles. The first-order valence-corrected chi connectivity index (χ1v) is 7.16. The first-order valence-electron chi connectivity index (χ1n) is 5.56. The monoisotopic (exact) mass is 271 g/mol. The van der Waals surface area contributed by atoms with Crippen molar-refractivity contribution in [3.8, 4) is 0 Å². The van der Waals surface area contributed by atoms with Crippen LogP contribution in [0.1, 0.15) is 19.4 Å². The summed E-state index contributed by atoms with van der Waals surface area (Å²) in [5, 5.41) is 6.13. The standard InChI is InChI=1S/C10H12ClN3S.C2H6/c1-6-4-5-7(11)8-9(6)14(2)12-10(8)13-15-3;1-2/h4-5H,1-3H3,(H,12,13);1-2H3. The smallest absolute Gasteiger partial charge is 0.167 e. The van der Waals surface area contributed by atoms with Crippen molar-refractivity contribution in [3.63, 3.8) is 0 Å². The van der Waals surface area contributed by atoms with Crippen molar-refractivity contribution in [2.75, 3.05) is 11.0 Å². The van der Waals surface area contributed by atoms with Gasteiger partial charge in [-0.2, -0.15) is 5.10 Å². The van der Waals surface area contributed by atoms with Crippen LogP contribution in [0.4, 0.5) is 5.82 Å². The van der Waals surface area contributed by atoms with E-state index >= 15 is 0 Å². The Morgan fingerprint density at radius 1 is 1.35 bits per heavy atom. The number of aryl methyl sites for hydroxylation is 2. The molecule has 3 nitrogen and oxygen atoms in total. The van der Waals surface area contributed by atoms with Gasteiger partial charge in [0.15, 0.2) is 5.82 Å². The highest BCUT2D eigenvalue weighted by atomic mass is 35.5. The van der Waals surface area contributed by atoms with E-state index in [1.807, 2.05) is 44.0 Å². The average molecular weight is 272 g/mol. The fourth-order valence-corrected chi connectivity index (χ4v) is 2.31. The Bertz CT molecular complexity index is 508. The molecule has 94 valence electrons. The highest BCUT2D eigenvalue weighted by molar-refractivity contribution is 7.99. The Hall–Kier alpha value is -0.870. The van der Waals surface area contributed by atoms with Crippen molar-refractivity contribution < 1.29 is 0 Å². The van der Waals surface area contributed by atoms with Crippen LogP contribution in [0.15, 0.2) is 12.1 Å². The van der Waals surface area contributed by atoms with Crippen molar-refractivity contribution in [1.82, 2.24) is 9.78 Å². The van der Waals surface area contributed by atoms with E-state index in [0.717, 1.165) is 21.7 Å². The second-order valence-electron chi connectivity index (χ2n) is 3.37. The summed E-state index contributed by atoms with van der Waals surface area (Å²) in [6.07, 6.45) is 1.96. The van der Waals surface area contributed by atoms with Gasteiger partial charge in [-0.05, 0) is 18.6 Å². The summed E-state index contributed by atoms with van der Waals surface area (Å²) in [5.74, 6) is 0.828. The van der Waals surface area contributed by atoms with Crippen LogP contribution >= 0.6 is 23.5 Å². The number of rotatable bonds is 2. The lowest BCUT2D eigenvalue weighted by Gasteiger charge is -2.01. The first-order chi connectivity index (χ1) is 8.15. The van der Waals surface area contributed by atoms with E-state index in [-0.39, 0.29) is 0 Å². The highest BCUT2D eigenvalue weighted by Crippen LogP contribution is 2.32. The van der Waals surface area contributed by atoms with Crippen LogP contribution in [0.25, 0.3) is 10.9 Å². The number of benzene rings is 1. The van der Waals surface area contributed by atoms with Gasteiger partial charge < -0.3 is 4.72 Å². The van der Waals surface area contributed by atoms with Crippen molar-refractivity contribution in [1.29, 1.82) is 0 Å². The summed E-state index contributed by atoms with van der Waals surface area (Å²) in [5.41, 5.74) is 2.26. The number of nitrogens with zero attached hydrogens (tertiary/aromatic N) is 2. The van der Waals surface area contributed by atoms with E-state index in [2.05, 4.69) is 16.7 Å². The summed E-state index contributed by atoms with van der Waals surface area (Å²) < 4.78 is 5.00.